The Kier molecular flexibility index (Phi) is 5.83. The first kappa shape index (κ1) is 18.4. The maximum absolute atomic E-state index is 12.1. The van der Waals surface area contributed by atoms with E-state index in [1.807, 2.05) is 6.92 Å². The topological polar surface area (TPSA) is 74.7 Å². The molecular weight excluding hydrogens is 290 g/mol. The van der Waals surface area contributed by atoms with Gasteiger partial charge in [-0.2, -0.15) is 0 Å². The molecule has 6 heteroatoms. The van der Waals surface area contributed by atoms with Gasteiger partial charge in [0.05, 0.1) is 15.9 Å². The van der Waals surface area contributed by atoms with Crippen molar-refractivity contribution in [1.29, 1.82) is 0 Å². The summed E-state index contributed by atoms with van der Waals surface area (Å²) in [5.41, 5.74) is -0.603. The largest absolute Gasteiger partial charge is 0.481 e. The molecule has 0 saturated carbocycles. The maximum atomic E-state index is 12.1. The predicted octanol–water partition coefficient (Wildman–Crippen LogP) is 2.17. The normalized spacial score (nSPS) is 20.4. The van der Waals surface area contributed by atoms with Crippen LogP contribution in [0.3, 0.4) is 0 Å². The van der Waals surface area contributed by atoms with Crippen molar-refractivity contribution in [3.63, 3.8) is 0 Å². The molecule has 1 aliphatic heterocycles. The molecule has 0 spiro atoms. The highest BCUT2D eigenvalue weighted by Crippen LogP contribution is 2.36. The molecule has 0 aromatic rings. The van der Waals surface area contributed by atoms with Crippen molar-refractivity contribution in [1.82, 2.24) is 4.90 Å². The molecule has 0 bridgehead atoms. The van der Waals surface area contributed by atoms with Crippen molar-refractivity contribution in [3.8, 4) is 0 Å². The van der Waals surface area contributed by atoms with Gasteiger partial charge in [0, 0.05) is 6.54 Å². The van der Waals surface area contributed by atoms with Crippen molar-refractivity contribution in [2.24, 2.45) is 5.41 Å². The summed E-state index contributed by atoms with van der Waals surface area (Å²) in [6, 6.07) is 0. The first-order chi connectivity index (χ1) is 9.54. The van der Waals surface area contributed by atoms with Crippen LogP contribution in [0, 0.1) is 5.41 Å². The van der Waals surface area contributed by atoms with Crippen molar-refractivity contribution in [2.75, 3.05) is 25.4 Å². The van der Waals surface area contributed by atoms with Gasteiger partial charge in [0.1, 0.15) is 0 Å². The van der Waals surface area contributed by atoms with Gasteiger partial charge in [-0.15, -0.1) is 0 Å². The fraction of sp³-hybridized carbons (Fsp3) is 0.933. The first-order valence-electron chi connectivity index (χ1n) is 7.72. The standard InChI is InChI=1S/C15H29NO4S/c1-5-6-15(13(17)18)7-9-16(10-8-15)11-12-21(19,20)14(2,3)4/h5-12H2,1-4H3,(H,17,18). The lowest BCUT2D eigenvalue weighted by molar-refractivity contribution is -0.152. The first-order valence-corrected chi connectivity index (χ1v) is 9.37. The van der Waals surface area contributed by atoms with Gasteiger partial charge in [0.25, 0.3) is 0 Å². The smallest absolute Gasteiger partial charge is 0.309 e. The minimum absolute atomic E-state index is 0.143. The average Bonchev–Trinajstić information content (AvgIpc) is 2.37. The fourth-order valence-electron chi connectivity index (χ4n) is 2.81. The molecule has 1 saturated heterocycles. The Morgan fingerprint density at radius 2 is 1.76 bits per heavy atom. The van der Waals surface area contributed by atoms with Gasteiger partial charge in [-0.05, 0) is 53.1 Å². The fourth-order valence-corrected chi connectivity index (χ4v) is 3.92. The van der Waals surface area contributed by atoms with E-state index in [-0.39, 0.29) is 5.75 Å². The summed E-state index contributed by atoms with van der Waals surface area (Å²) in [4.78, 5) is 13.6. The summed E-state index contributed by atoms with van der Waals surface area (Å²) in [5.74, 6) is -0.559. The van der Waals surface area contributed by atoms with Gasteiger partial charge in [-0.1, -0.05) is 13.3 Å². The molecular formula is C15H29NO4S. The Morgan fingerprint density at radius 3 is 2.14 bits per heavy atom. The summed E-state index contributed by atoms with van der Waals surface area (Å²) >= 11 is 0. The summed E-state index contributed by atoms with van der Waals surface area (Å²) in [6.07, 6.45) is 2.80. The summed E-state index contributed by atoms with van der Waals surface area (Å²) in [7, 11) is -3.11. The lowest BCUT2D eigenvalue weighted by Crippen LogP contribution is -2.46. The van der Waals surface area contributed by atoms with Crippen LogP contribution in [0.15, 0.2) is 0 Å². The van der Waals surface area contributed by atoms with Crippen molar-refractivity contribution in [2.45, 2.75) is 58.1 Å². The zero-order valence-electron chi connectivity index (χ0n) is 13.7. The Hall–Kier alpha value is -0.620. The second-order valence-corrected chi connectivity index (χ2v) is 9.97. The van der Waals surface area contributed by atoms with Crippen LogP contribution in [0.1, 0.15) is 53.4 Å². The molecule has 0 unspecified atom stereocenters. The second kappa shape index (κ2) is 6.65. The van der Waals surface area contributed by atoms with Crippen molar-refractivity contribution < 1.29 is 18.3 Å². The number of rotatable bonds is 6. The highest BCUT2D eigenvalue weighted by molar-refractivity contribution is 7.92. The molecule has 0 aromatic carbocycles. The molecule has 1 N–H and O–H groups in total. The van der Waals surface area contributed by atoms with Gasteiger partial charge in [0.2, 0.25) is 0 Å². The van der Waals surface area contributed by atoms with Crippen LogP contribution in [-0.2, 0) is 14.6 Å². The molecule has 1 heterocycles. The second-order valence-electron chi connectivity index (χ2n) is 7.11. The summed E-state index contributed by atoms with van der Waals surface area (Å²) in [5, 5.41) is 9.46. The van der Waals surface area contributed by atoms with Crippen LogP contribution in [0.4, 0.5) is 0 Å². The van der Waals surface area contributed by atoms with Gasteiger partial charge in [-0.25, -0.2) is 8.42 Å². The highest BCUT2D eigenvalue weighted by atomic mass is 32.2. The third-order valence-electron chi connectivity index (χ3n) is 4.60. The SMILES string of the molecule is CCCC1(C(=O)O)CCN(CCS(=O)(=O)C(C)(C)C)CC1. The molecule has 1 aliphatic rings. The molecule has 0 atom stereocenters. The van der Waals surface area contributed by atoms with Gasteiger partial charge < -0.3 is 10.0 Å². The van der Waals surface area contributed by atoms with E-state index in [1.165, 1.54) is 0 Å². The lowest BCUT2D eigenvalue weighted by atomic mass is 9.75. The summed E-state index contributed by atoms with van der Waals surface area (Å²) < 4.78 is 23.5. The zero-order valence-corrected chi connectivity index (χ0v) is 14.5. The van der Waals surface area contributed by atoms with E-state index in [2.05, 4.69) is 4.90 Å². The van der Waals surface area contributed by atoms with Gasteiger partial charge >= 0.3 is 5.97 Å². The van der Waals surface area contributed by atoms with E-state index < -0.39 is 26.0 Å². The monoisotopic (exact) mass is 319 g/mol. The van der Waals surface area contributed by atoms with Crippen LogP contribution in [-0.4, -0.2) is 54.5 Å². The number of nitrogens with zero attached hydrogens (tertiary/aromatic N) is 1. The Balaban J connectivity index is 2.56. The zero-order chi connectivity index (χ0) is 16.3. The molecule has 5 nitrogen and oxygen atoms in total. The number of aliphatic carboxylic acids is 1. The number of likely N-dealkylation sites (tertiary alicyclic amines) is 1. The van der Waals surface area contributed by atoms with E-state index in [0.717, 1.165) is 6.42 Å². The van der Waals surface area contributed by atoms with Crippen LogP contribution < -0.4 is 0 Å². The molecule has 124 valence electrons. The van der Waals surface area contributed by atoms with Gasteiger partial charge in [0.15, 0.2) is 9.84 Å². The lowest BCUT2D eigenvalue weighted by Gasteiger charge is -2.39. The Labute approximate surface area is 128 Å². The van der Waals surface area contributed by atoms with Crippen molar-refractivity contribution >= 4 is 15.8 Å². The number of hydrogen-bond donors (Lipinski definition) is 1. The third kappa shape index (κ3) is 4.42. The minimum atomic E-state index is -3.11. The van der Waals surface area contributed by atoms with Crippen LogP contribution >= 0.6 is 0 Å². The molecule has 1 fully saturated rings. The highest BCUT2D eigenvalue weighted by Gasteiger charge is 2.40. The maximum Gasteiger partial charge on any atom is 0.309 e. The quantitative estimate of drug-likeness (QED) is 0.812. The molecule has 0 aliphatic carbocycles. The molecule has 0 aromatic heterocycles. The number of sulfone groups is 1. The van der Waals surface area contributed by atoms with E-state index >= 15 is 0 Å². The minimum Gasteiger partial charge on any atom is -0.481 e. The number of carboxylic acids is 1. The van der Waals surface area contributed by atoms with E-state index in [1.54, 1.807) is 20.8 Å². The van der Waals surface area contributed by atoms with E-state index in [9.17, 15) is 18.3 Å². The van der Waals surface area contributed by atoms with Crippen molar-refractivity contribution in [3.05, 3.63) is 0 Å². The predicted molar refractivity (Wildman–Crippen MR) is 84.2 cm³/mol. The number of piperidine rings is 1. The van der Waals surface area contributed by atoms with Crippen LogP contribution in [0.5, 0.6) is 0 Å². The van der Waals surface area contributed by atoms with E-state index in [4.69, 9.17) is 0 Å². The summed E-state index contributed by atoms with van der Waals surface area (Å²) in [6.45, 7) is 9.01. The van der Waals surface area contributed by atoms with Crippen LogP contribution in [0.2, 0.25) is 0 Å². The third-order valence-corrected chi connectivity index (χ3v) is 7.19. The average molecular weight is 319 g/mol. The number of hydrogen-bond acceptors (Lipinski definition) is 4. The molecule has 1 rings (SSSR count). The molecule has 0 radical (unpaired) electrons. The number of carboxylic acid groups (broad SMARTS) is 1. The van der Waals surface area contributed by atoms with Crippen LogP contribution in [0.25, 0.3) is 0 Å². The molecule has 21 heavy (non-hydrogen) atoms. The Morgan fingerprint density at radius 1 is 1.24 bits per heavy atom. The number of carbonyl (C=O) groups is 1. The Bertz CT molecular complexity index is 457. The molecule has 0 amide bonds. The van der Waals surface area contributed by atoms with Gasteiger partial charge in [-0.3, -0.25) is 4.79 Å². The van der Waals surface area contributed by atoms with E-state index in [0.29, 0.717) is 38.9 Å².